The molecule has 29 heavy (non-hydrogen) atoms. The molecule has 0 saturated carbocycles. The topological polar surface area (TPSA) is 68.0 Å². The second kappa shape index (κ2) is 9.28. The molecule has 146 valence electrons. The van der Waals surface area contributed by atoms with Gasteiger partial charge in [0.25, 0.3) is 5.56 Å². The molecule has 0 saturated heterocycles. The van der Waals surface area contributed by atoms with Crippen LogP contribution >= 0.6 is 12.4 Å². The first-order chi connectivity index (χ1) is 13.8. The largest absolute Gasteiger partial charge is 0.394 e. The Morgan fingerprint density at radius 1 is 0.793 bits per heavy atom. The average Bonchev–Trinajstić information content (AvgIpc) is 2.76. The van der Waals surface area contributed by atoms with Gasteiger partial charge in [-0.1, -0.05) is 66.7 Å². The molecule has 4 rings (SSSR count). The number of pyridine rings is 1. The molecule has 0 aliphatic heterocycles. The number of nitrogens with zero attached hydrogens (tertiary/aromatic N) is 3. The molecule has 2 aromatic heterocycles. The van der Waals surface area contributed by atoms with Crippen molar-refractivity contribution in [2.45, 2.75) is 6.54 Å². The highest BCUT2D eigenvalue weighted by Gasteiger charge is 2.21. The summed E-state index contributed by atoms with van der Waals surface area (Å²) < 4.78 is 1.32. The van der Waals surface area contributed by atoms with Crippen molar-refractivity contribution < 1.29 is 5.11 Å². The summed E-state index contributed by atoms with van der Waals surface area (Å²) in [5, 5.41) is 14.0. The minimum atomic E-state index is -0.272. The van der Waals surface area contributed by atoms with E-state index in [1.54, 1.807) is 6.20 Å². The molecule has 0 fully saturated rings. The third-order valence-corrected chi connectivity index (χ3v) is 4.50. The quantitative estimate of drug-likeness (QED) is 0.543. The van der Waals surface area contributed by atoms with E-state index in [4.69, 9.17) is 0 Å². The Morgan fingerprint density at radius 2 is 1.41 bits per heavy atom. The van der Waals surface area contributed by atoms with E-state index < -0.39 is 0 Å². The third kappa shape index (κ3) is 4.11. The Kier molecular flexibility index (Phi) is 6.54. The molecule has 2 heterocycles. The van der Waals surface area contributed by atoms with Gasteiger partial charge < -0.3 is 5.11 Å². The summed E-state index contributed by atoms with van der Waals surface area (Å²) in [4.78, 5) is 17.7. The van der Waals surface area contributed by atoms with Crippen LogP contribution in [-0.2, 0) is 6.54 Å². The Bertz CT molecular complexity index is 1130. The van der Waals surface area contributed by atoms with Crippen LogP contribution in [0.25, 0.3) is 33.6 Å². The molecule has 0 unspecified atom stereocenters. The summed E-state index contributed by atoms with van der Waals surface area (Å²) in [6, 6.07) is 25.0. The zero-order valence-corrected chi connectivity index (χ0v) is 16.4. The molecule has 0 aliphatic rings. The number of aliphatic hydroxyl groups is 1. The number of rotatable bonds is 5. The minimum Gasteiger partial charge on any atom is -0.394 e. The van der Waals surface area contributed by atoms with Gasteiger partial charge in [0.1, 0.15) is 0 Å². The molecule has 0 amide bonds. The summed E-state index contributed by atoms with van der Waals surface area (Å²) in [7, 11) is 0. The van der Waals surface area contributed by atoms with Gasteiger partial charge in [-0.2, -0.15) is 5.10 Å². The van der Waals surface area contributed by atoms with Crippen LogP contribution in [-0.4, -0.2) is 26.5 Å². The molecule has 0 spiro atoms. The number of aromatic nitrogens is 3. The van der Waals surface area contributed by atoms with Crippen molar-refractivity contribution in [2.24, 2.45) is 0 Å². The van der Waals surface area contributed by atoms with Crippen LogP contribution in [0.4, 0.5) is 0 Å². The van der Waals surface area contributed by atoms with Crippen LogP contribution in [0.15, 0.2) is 89.9 Å². The Labute approximate surface area is 174 Å². The minimum absolute atomic E-state index is 0. The number of hydrogen-bond acceptors (Lipinski definition) is 4. The van der Waals surface area contributed by atoms with Crippen molar-refractivity contribution in [1.82, 2.24) is 14.8 Å². The molecule has 6 heteroatoms. The van der Waals surface area contributed by atoms with E-state index in [9.17, 15) is 9.90 Å². The van der Waals surface area contributed by atoms with Crippen LogP contribution < -0.4 is 5.56 Å². The van der Waals surface area contributed by atoms with Crippen LogP contribution in [0.5, 0.6) is 0 Å². The Hall–Kier alpha value is -3.28. The van der Waals surface area contributed by atoms with Crippen molar-refractivity contribution in [3.63, 3.8) is 0 Å². The van der Waals surface area contributed by atoms with Gasteiger partial charge in [-0.15, -0.1) is 12.4 Å². The molecule has 0 atom stereocenters. The summed E-state index contributed by atoms with van der Waals surface area (Å²) in [6.07, 6.45) is 1.67. The summed E-state index contributed by atoms with van der Waals surface area (Å²) in [5.41, 5.74) is 4.00. The summed E-state index contributed by atoms with van der Waals surface area (Å²) in [6.45, 7) is -0.0545. The van der Waals surface area contributed by atoms with E-state index >= 15 is 0 Å². The first-order valence-electron chi connectivity index (χ1n) is 9.08. The Morgan fingerprint density at radius 3 is 2.00 bits per heavy atom. The molecule has 1 N–H and O–H groups in total. The molecule has 0 bridgehead atoms. The molecule has 0 aliphatic carbocycles. The van der Waals surface area contributed by atoms with Crippen LogP contribution in [0, 0.1) is 0 Å². The second-order valence-electron chi connectivity index (χ2n) is 6.30. The van der Waals surface area contributed by atoms with Crippen molar-refractivity contribution >= 4 is 12.4 Å². The summed E-state index contributed by atoms with van der Waals surface area (Å²) in [5.74, 6) is 0. The van der Waals surface area contributed by atoms with E-state index in [-0.39, 0.29) is 31.1 Å². The lowest BCUT2D eigenvalue weighted by molar-refractivity contribution is 0.266. The molecular weight excluding hydrogens is 386 g/mol. The Balaban J connectivity index is 0.00000240. The third-order valence-electron chi connectivity index (χ3n) is 4.50. The van der Waals surface area contributed by atoms with Crippen LogP contribution in [0.2, 0.25) is 0 Å². The van der Waals surface area contributed by atoms with Crippen molar-refractivity contribution in [3.8, 4) is 33.6 Å². The highest BCUT2D eigenvalue weighted by Crippen LogP contribution is 2.35. The van der Waals surface area contributed by atoms with Gasteiger partial charge in [-0.3, -0.25) is 9.78 Å². The van der Waals surface area contributed by atoms with Gasteiger partial charge in [0.2, 0.25) is 0 Å². The number of halogens is 1. The standard InChI is InChI=1S/C23H19N3O2.ClH/c27-16-15-26-23(28)21(19-13-7-8-14-24-19)20(17-9-3-1-4-10-17)22(25-26)18-11-5-2-6-12-18;/h1-14,27H,15-16H2;1H. The molecule has 5 nitrogen and oxygen atoms in total. The second-order valence-corrected chi connectivity index (χ2v) is 6.30. The van der Waals surface area contributed by atoms with Crippen molar-refractivity contribution in [2.75, 3.05) is 6.61 Å². The van der Waals surface area contributed by atoms with E-state index in [1.807, 2.05) is 78.9 Å². The lowest BCUT2D eigenvalue weighted by Gasteiger charge is -2.17. The lowest BCUT2D eigenvalue weighted by atomic mass is 9.94. The fourth-order valence-corrected chi connectivity index (χ4v) is 3.25. The van der Waals surface area contributed by atoms with Gasteiger partial charge in [-0.05, 0) is 17.7 Å². The van der Waals surface area contributed by atoms with E-state index in [0.29, 0.717) is 17.0 Å². The van der Waals surface area contributed by atoms with Crippen LogP contribution in [0.1, 0.15) is 0 Å². The van der Waals surface area contributed by atoms with E-state index in [2.05, 4.69) is 10.1 Å². The highest BCUT2D eigenvalue weighted by atomic mass is 35.5. The normalized spacial score (nSPS) is 10.4. The predicted octanol–water partition coefficient (Wildman–Crippen LogP) is 4.05. The van der Waals surface area contributed by atoms with Gasteiger partial charge in [0.05, 0.1) is 30.1 Å². The SMILES string of the molecule is Cl.O=c1c(-c2ccccn2)c(-c2ccccc2)c(-c2ccccc2)nn1CCO. The highest BCUT2D eigenvalue weighted by molar-refractivity contribution is 5.91. The van der Waals surface area contributed by atoms with Gasteiger partial charge in [0.15, 0.2) is 0 Å². The average molecular weight is 406 g/mol. The van der Waals surface area contributed by atoms with E-state index in [0.717, 1.165) is 16.7 Å². The molecule has 4 aromatic rings. The number of benzene rings is 2. The maximum absolute atomic E-state index is 13.3. The first-order valence-corrected chi connectivity index (χ1v) is 9.08. The maximum atomic E-state index is 13.3. The molecule has 0 radical (unpaired) electrons. The first kappa shape index (κ1) is 20.5. The monoisotopic (exact) mass is 405 g/mol. The fourth-order valence-electron chi connectivity index (χ4n) is 3.25. The zero-order valence-electron chi connectivity index (χ0n) is 15.6. The van der Waals surface area contributed by atoms with Gasteiger partial charge in [-0.25, -0.2) is 4.68 Å². The van der Waals surface area contributed by atoms with Crippen LogP contribution in [0.3, 0.4) is 0 Å². The van der Waals surface area contributed by atoms with Gasteiger partial charge in [0, 0.05) is 17.3 Å². The number of hydrogen-bond donors (Lipinski definition) is 1. The molecular formula is C23H20ClN3O2. The van der Waals surface area contributed by atoms with Crippen molar-refractivity contribution in [3.05, 3.63) is 95.4 Å². The number of aliphatic hydroxyl groups excluding tert-OH is 1. The summed E-state index contributed by atoms with van der Waals surface area (Å²) >= 11 is 0. The predicted molar refractivity (Wildman–Crippen MR) is 117 cm³/mol. The zero-order chi connectivity index (χ0) is 19.3. The van der Waals surface area contributed by atoms with Gasteiger partial charge >= 0.3 is 0 Å². The molecule has 2 aromatic carbocycles. The van der Waals surface area contributed by atoms with Crippen molar-refractivity contribution in [1.29, 1.82) is 0 Å². The maximum Gasteiger partial charge on any atom is 0.276 e. The van der Waals surface area contributed by atoms with E-state index in [1.165, 1.54) is 4.68 Å². The lowest BCUT2D eigenvalue weighted by Crippen LogP contribution is -2.27. The smallest absolute Gasteiger partial charge is 0.276 e. The fraction of sp³-hybridized carbons (Fsp3) is 0.0870.